The van der Waals surface area contributed by atoms with Gasteiger partial charge < -0.3 is 0 Å². The molecule has 0 aliphatic rings. The Kier molecular flexibility index (Phi) is 10.5. The Morgan fingerprint density at radius 1 is 0.846 bits per heavy atom. The molecule has 74 valence electrons. The highest BCUT2D eigenvalue weighted by Crippen LogP contribution is 1.95. The molecule has 0 heterocycles. The van der Waals surface area contributed by atoms with Crippen LogP contribution in [0.2, 0.25) is 0 Å². The molecule has 0 nitrogen and oxygen atoms in total. The van der Waals surface area contributed by atoms with Gasteiger partial charge in [-0.2, -0.15) is 0 Å². The van der Waals surface area contributed by atoms with Crippen molar-refractivity contribution in [2.45, 2.75) is 46.0 Å². The van der Waals surface area contributed by atoms with Crippen molar-refractivity contribution in [1.29, 1.82) is 0 Å². The van der Waals surface area contributed by atoms with Gasteiger partial charge in [0, 0.05) is 0 Å². The Morgan fingerprint density at radius 3 is 2.31 bits per heavy atom. The largest absolute Gasteiger partial charge is 0.0885 e. The van der Waals surface area contributed by atoms with Crippen molar-refractivity contribution in [2.75, 3.05) is 0 Å². The Labute approximate surface area is 83.0 Å². The van der Waals surface area contributed by atoms with E-state index in [-0.39, 0.29) is 0 Å². The van der Waals surface area contributed by atoms with Gasteiger partial charge >= 0.3 is 0 Å². The summed E-state index contributed by atoms with van der Waals surface area (Å²) >= 11 is 0. The number of rotatable bonds is 7. The summed E-state index contributed by atoms with van der Waals surface area (Å²) < 4.78 is 0. The van der Waals surface area contributed by atoms with Crippen molar-refractivity contribution < 1.29 is 0 Å². The third-order valence-electron chi connectivity index (χ3n) is 1.78. The van der Waals surface area contributed by atoms with Crippen LogP contribution in [0.4, 0.5) is 0 Å². The molecule has 0 spiro atoms. The monoisotopic (exact) mass is 178 g/mol. The standard InChI is InChI=1S/C13H22/c1-3-5-7-9-11-13-12-10-8-6-4-2/h5,7,10-13H,3-4,6,8-9H2,1-2H3. The van der Waals surface area contributed by atoms with Crippen LogP contribution >= 0.6 is 0 Å². The van der Waals surface area contributed by atoms with Crippen molar-refractivity contribution in [3.8, 4) is 0 Å². The van der Waals surface area contributed by atoms with E-state index in [0.717, 1.165) is 12.8 Å². The lowest BCUT2D eigenvalue weighted by Crippen LogP contribution is -1.65. The van der Waals surface area contributed by atoms with Gasteiger partial charge in [0.2, 0.25) is 0 Å². The van der Waals surface area contributed by atoms with Crippen LogP contribution < -0.4 is 0 Å². The molecule has 0 heteroatoms. The number of hydrogen-bond donors (Lipinski definition) is 0. The summed E-state index contributed by atoms with van der Waals surface area (Å²) in [5, 5.41) is 0. The minimum Gasteiger partial charge on any atom is -0.0885 e. The zero-order chi connectivity index (χ0) is 9.78. The zero-order valence-corrected chi connectivity index (χ0v) is 9.00. The highest BCUT2D eigenvalue weighted by atomic mass is 13.8. The summed E-state index contributed by atoms with van der Waals surface area (Å²) in [7, 11) is 0. The minimum absolute atomic E-state index is 1.06. The molecule has 0 saturated heterocycles. The number of hydrogen-bond acceptors (Lipinski definition) is 0. The van der Waals surface area contributed by atoms with Gasteiger partial charge in [-0.25, -0.2) is 0 Å². The molecule has 0 aliphatic carbocycles. The fourth-order valence-corrected chi connectivity index (χ4v) is 0.995. The summed E-state index contributed by atoms with van der Waals surface area (Å²) in [6.07, 6.45) is 19.1. The van der Waals surface area contributed by atoms with E-state index < -0.39 is 0 Å². The van der Waals surface area contributed by atoms with Crippen LogP contribution in [0.15, 0.2) is 36.5 Å². The maximum absolute atomic E-state index is 2.24. The third-order valence-corrected chi connectivity index (χ3v) is 1.78. The molecule has 0 aromatic rings. The Balaban J connectivity index is 3.29. The molecule has 0 atom stereocenters. The fourth-order valence-electron chi connectivity index (χ4n) is 0.995. The SMILES string of the molecule is CCC=CCC=CC=CCCCC. The van der Waals surface area contributed by atoms with Crippen LogP contribution in [0.25, 0.3) is 0 Å². The van der Waals surface area contributed by atoms with Crippen molar-refractivity contribution in [1.82, 2.24) is 0 Å². The second-order valence-corrected chi connectivity index (χ2v) is 3.11. The molecule has 0 aliphatic heterocycles. The maximum Gasteiger partial charge on any atom is -0.0166 e. The predicted octanol–water partition coefficient (Wildman–Crippen LogP) is 4.65. The lowest BCUT2D eigenvalue weighted by atomic mass is 10.2. The van der Waals surface area contributed by atoms with E-state index in [9.17, 15) is 0 Å². The molecular weight excluding hydrogens is 156 g/mol. The molecule has 0 rings (SSSR count). The molecule has 0 fully saturated rings. The van der Waals surface area contributed by atoms with E-state index in [2.05, 4.69) is 50.3 Å². The van der Waals surface area contributed by atoms with Gasteiger partial charge in [-0.1, -0.05) is 63.1 Å². The average molecular weight is 178 g/mol. The van der Waals surface area contributed by atoms with Gasteiger partial charge in [0.05, 0.1) is 0 Å². The normalized spacial score (nSPS) is 12.5. The molecule has 0 aromatic carbocycles. The quantitative estimate of drug-likeness (QED) is 0.302. The first kappa shape index (κ1) is 12.2. The van der Waals surface area contributed by atoms with Crippen molar-refractivity contribution in [2.24, 2.45) is 0 Å². The highest BCUT2D eigenvalue weighted by molar-refractivity contribution is 5.04. The van der Waals surface area contributed by atoms with Crippen molar-refractivity contribution in [3.63, 3.8) is 0 Å². The van der Waals surface area contributed by atoms with Gasteiger partial charge in [0.25, 0.3) is 0 Å². The highest BCUT2D eigenvalue weighted by Gasteiger charge is 1.75. The van der Waals surface area contributed by atoms with E-state index in [1.807, 2.05) is 0 Å². The van der Waals surface area contributed by atoms with Crippen molar-refractivity contribution in [3.05, 3.63) is 36.5 Å². The molecule has 0 amide bonds. The van der Waals surface area contributed by atoms with E-state index in [0.29, 0.717) is 0 Å². The minimum atomic E-state index is 1.06. The Morgan fingerprint density at radius 2 is 1.62 bits per heavy atom. The molecule has 0 unspecified atom stereocenters. The van der Waals surface area contributed by atoms with Crippen LogP contribution in [-0.4, -0.2) is 0 Å². The average Bonchev–Trinajstić information content (AvgIpc) is 2.16. The van der Waals surface area contributed by atoms with Gasteiger partial charge in [-0.05, 0) is 19.3 Å². The molecular formula is C13H22. The van der Waals surface area contributed by atoms with E-state index in [1.165, 1.54) is 19.3 Å². The number of allylic oxidation sites excluding steroid dienone is 6. The third kappa shape index (κ3) is 11.2. The van der Waals surface area contributed by atoms with Gasteiger partial charge in [-0.15, -0.1) is 0 Å². The predicted molar refractivity (Wildman–Crippen MR) is 61.9 cm³/mol. The lowest BCUT2D eigenvalue weighted by molar-refractivity contribution is 0.815. The second-order valence-electron chi connectivity index (χ2n) is 3.11. The summed E-state index contributed by atoms with van der Waals surface area (Å²) in [6.45, 7) is 4.38. The summed E-state index contributed by atoms with van der Waals surface area (Å²) in [5.41, 5.74) is 0. The number of unbranched alkanes of at least 4 members (excludes halogenated alkanes) is 2. The van der Waals surface area contributed by atoms with Crippen LogP contribution in [0, 0.1) is 0 Å². The van der Waals surface area contributed by atoms with E-state index in [4.69, 9.17) is 0 Å². The van der Waals surface area contributed by atoms with Gasteiger partial charge in [0.1, 0.15) is 0 Å². The molecule has 0 N–H and O–H groups in total. The first-order chi connectivity index (χ1) is 6.41. The molecule has 0 bridgehead atoms. The van der Waals surface area contributed by atoms with Crippen LogP contribution in [0.5, 0.6) is 0 Å². The van der Waals surface area contributed by atoms with Crippen LogP contribution in [0.1, 0.15) is 46.0 Å². The molecule has 0 aromatic heterocycles. The maximum atomic E-state index is 2.24. The molecule has 0 saturated carbocycles. The van der Waals surface area contributed by atoms with E-state index >= 15 is 0 Å². The van der Waals surface area contributed by atoms with Crippen LogP contribution in [0.3, 0.4) is 0 Å². The first-order valence-electron chi connectivity index (χ1n) is 5.38. The topological polar surface area (TPSA) is 0 Å². The Hall–Kier alpha value is -0.780. The van der Waals surface area contributed by atoms with Crippen LogP contribution in [-0.2, 0) is 0 Å². The zero-order valence-electron chi connectivity index (χ0n) is 9.00. The smallest absolute Gasteiger partial charge is 0.0166 e. The molecule has 0 radical (unpaired) electrons. The second kappa shape index (κ2) is 11.2. The lowest BCUT2D eigenvalue weighted by Gasteiger charge is -1.85. The summed E-state index contributed by atoms with van der Waals surface area (Å²) in [4.78, 5) is 0. The summed E-state index contributed by atoms with van der Waals surface area (Å²) in [6, 6.07) is 0. The van der Waals surface area contributed by atoms with E-state index in [1.54, 1.807) is 0 Å². The first-order valence-corrected chi connectivity index (χ1v) is 5.38. The van der Waals surface area contributed by atoms with Gasteiger partial charge in [-0.3, -0.25) is 0 Å². The fraction of sp³-hybridized carbons (Fsp3) is 0.538. The van der Waals surface area contributed by atoms with Crippen molar-refractivity contribution >= 4 is 0 Å². The molecule has 13 heavy (non-hydrogen) atoms. The summed E-state index contributed by atoms with van der Waals surface area (Å²) in [5.74, 6) is 0. The van der Waals surface area contributed by atoms with Gasteiger partial charge in [0.15, 0.2) is 0 Å². The Bertz CT molecular complexity index is 161.